The highest BCUT2D eigenvalue weighted by atomic mass is 35.5. The van der Waals surface area contributed by atoms with Gasteiger partial charge in [0.25, 0.3) is 0 Å². The lowest BCUT2D eigenvalue weighted by Gasteiger charge is -2.09. The number of hydrogen-bond acceptors (Lipinski definition) is 3. The van der Waals surface area contributed by atoms with E-state index in [2.05, 4.69) is 0 Å². The number of carbonyl (C=O) groups excluding carboxylic acids is 1. The summed E-state index contributed by atoms with van der Waals surface area (Å²) < 4.78 is 12.3. The highest BCUT2D eigenvalue weighted by molar-refractivity contribution is 7.85. The lowest BCUT2D eigenvalue weighted by Crippen LogP contribution is -2.23. The number of halogens is 1. The predicted molar refractivity (Wildman–Crippen MR) is 66.9 cm³/mol. The second-order valence-electron chi connectivity index (χ2n) is 3.51. The van der Waals surface area contributed by atoms with E-state index in [4.69, 9.17) is 11.6 Å². The van der Waals surface area contributed by atoms with Gasteiger partial charge in [-0.2, -0.15) is 0 Å². The van der Waals surface area contributed by atoms with Crippen LogP contribution in [0.25, 0.3) is 0 Å². The fourth-order valence-corrected chi connectivity index (χ4v) is 2.80. The maximum atomic E-state index is 12.3. The maximum absolute atomic E-state index is 12.3. The van der Waals surface area contributed by atoms with Crippen LogP contribution in [0.15, 0.2) is 58.3 Å². The van der Waals surface area contributed by atoms with Gasteiger partial charge in [-0.1, -0.05) is 29.8 Å². The predicted octanol–water partition coefficient (Wildman–Crippen LogP) is 1.87. The Hall–Kier alpha value is -1.65. The van der Waals surface area contributed by atoms with Crippen LogP contribution in [-0.4, -0.2) is 10.2 Å². The van der Waals surface area contributed by atoms with Crippen molar-refractivity contribution >= 4 is 28.4 Å². The van der Waals surface area contributed by atoms with E-state index in [0.717, 1.165) is 0 Å². The summed E-state index contributed by atoms with van der Waals surface area (Å²) in [6.07, 6.45) is 0. The number of aromatic carboxylic acids is 1. The highest BCUT2D eigenvalue weighted by Crippen LogP contribution is 2.21. The van der Waals surface area contributed by atoms with Crippen LogP contribution in [-0.2, 0) is 10.8 Å². The molecule has 0 aromatic heterocycles. The van der Waals surface area contributed by atoms with E-state index in [1.165, 1.54) is 12.1 Å². The molecular weight excluding hydrogens is 272 g/mol. The largest absolute Gasteiger partial charge is 0.545 e. The Bertz CT molecular complexity index is 608. The third kappa shape index (κ3) is 2.60. The van der Waals surface area contributed by atoms with E-state index >= 15 is 0 Å². The minimum atomic E-state index is -1.57. The first-order valence-corrected chi connectivity index (χ1v) is 6.60. The van der Waals surface area contributed by atoms with Crippen molar-refractivity contribution in [3.63, 3.8) is 0 Å². The van der Waals surface area contributed by atoms with E-state index in [1.807, 2.05) is 0 Å². The van der Waals surface area contributed by atoms with Crippen molar-refractivity contribution in [3.8, 4) is 0 Å². The zero-order chi connectivity index (χ0) is 13.1. The molecule has 0 N–H and O–H groups in total. The normalized spacial score (nSPS) is 12.1. The van der Waals surface area contributed by atoms with E-state index in [0.29, 0.717) is 9.92 Å². The van der Waals surface area contributed by atoms with Gasteiger partial charge in [0, 0.05) is 15.5 Å². The molecule has 1 atom stereocenters. The second kappa shape index (κ2) is 5.33. The Morgan fingerprint density at radius 1 is 1.06 bits per heavy atom. The van der Waals surface area contributed by atoms with Crippen LogP contribution >= 0.6 is 11.6 Å². The Labute approximate surface area is 111 Å². The number of carboxylic acid groups (broad SMARTS) is 1. The van der Waals surface area contributed by atoms with E-state index in [1.54, 1.807) is 36.4 Å². The summed E-state index contributed by atoms with van der Waals surface area (Å²) in [6, 6.07) is 12.5. The van der Waals surface area contributed by atoms with Crippen molar-refractivity contribution in [2.24, 2.45) is 0 Å². The molecular formula is C13H8ClO3S-. The molecule has 0 saturated carbocycles. The fraction of sp³-hybridized carbons (Fsp3) is 0. The molecule has 0 heterocycles. The Balaban J connectivity index is 2.46. The summed E-state index contributed by atoms with van der Waals surface area (Å²) >= 11 is 5.74. The Morgan fingerprint density at radius 2 is 1.67 bits per heavy atom. The van der Waals surface area contributed by atoms with Crippen LogP contribution < -0.4 is 5.11 Å². The lowest BCUT2D eigenvalue weighted by atomic mass is 10.2. The summed E-state index contributed by atoms with van der Waals surface area (Å²) in [5, 5.41) is 11.5. The number of rotatable bonds is 3. The molecule has 0 spiro atoms. The van der Waals surface area contributed by atoms with Gasteiger partial charge in [0.1, 0.15) is 0 Å². The fourth-order valence-electron chi connectivity index (χ4n) is 1.48. The van der Waals surface area contributed by atoms with Crippen molar-refractivity contribution in [3.05, 3.63) is 59.1 Å². The monoisotopic (exact) mass is 279 g/mol. The molecule has 0 saturated heterocycles. The molecule has 2 aromatic carbocycles. The zero-order valence-corrected chi connectivity index (χ0v) is 10.7. The van der Waals surface area contributed by atoms with Gasteiger partial charge in [-0.25, -0.2) is 4.21 Å². The second-order valence-corrected chi connectivity index (χ2v) is 5.39. The minimum Gasteiger partial charge on any atom is -0.545 e. The third-order valence-electron chi connectivity index (χ3n) is 2.33. The van der Waals surface area contributed by atoms with E-state index in [9.17, 15) is 14.1 Å². The quantitative estimate of drug-likeness (QED) is 0.862. The smallest absolute Gasteiger partial charge is 0.0856 e. The number of hydrogen-bond donors (Lipinski definition) is 0. The van der Waals surface area contributed by atoms with Gasteiger partial charge in [-0.05, 0) is 30.3 Å². The third-order valence-corrected chi connectivity index (χ3v) is 4.04. The van der Waals surface area contributed by atoms with Gasteiger partial charge >= 0.3 is 0 Å². The van der Waals surface area contributed by atoms with Crippen molar-refractivity contribution in [2.75, 3.05) is 0 Å². The van der Waals surface area contributed by atoms with Gasteiger partial charge in [0.2, 0.25) is 0 Å². The van der Waals surface area contributed by atoms with Gasteiger partial charge in [0.15, 0.2) is 0 Å². The van der Waals surface area contributed by atoms with Crippen molar-refractivity contribution < 1.29 is 14.1 Å². The van der Waals surface area contributed by atoms with E-state index in [-0.39, 0.29) is 10.5 Å². The highest BCUT2D eigenvalue weighted by Gasteiger charge is 2.12. The molecule has 2 rings (SSSR count). The van der Waals surface area contributed by atoms with Crippen LogP contribution in [0.5, 0.6) is 0 Å². The van der Waals surface area contributed by atoms with Crippen LogP contribution in [0.2, 0.25) is 5.02 Å². The first-order chi connectivity index (χ1) is 8.59. The van der Waals surface area contributed by atoms with Crippen molar-refractivity contribution in [1.82, 2.24) is 0 Å². The Morgan fingerprint density at radius 3 is 2.28 bits per heavy atom. The molecule has 0 fully saturated rings. The van der Waals surface area contributed by atoms with Crippen LogP contribution in [0, 0.1) is 0 Å². The summed E-state index contributed by atoms with van der Waals surface area (Å²) in [4.78, 5) is 11.7. The molecule has 0 unspecified atom stereocenters. The first kappa shape index (κ1) is 12.8. The zero-order valence-electron chi connectivity index (χ0n) is 9.13. The molecule has 2 aromatic rings. The Kier molecular flexibility index (Phi) is 3.79. The van der Waals surface area contributed by atoms with Crippen LogP contribution in [0.1, 0.15) is 10.4 Å². The van der Waals surface area contributed by atoms with E-state index < -0.39 is 16.8 Å². The summed E-state index contributed by atoms with van der Waals surface area (Å²) in [5.74, 6) is -1.34. The summed E-state index contributed by atoms with van der Waals surface area (Å²) in [5.41, 5.74) is -0.0641. The minimum absolute atomic E-state index is 0.0641. The maximum Gasteiger partial charge on any atom is 0.0856 e. The first-order valence-electron chi connectivity index (χ1n) is 5.07. The average Bonchev–Trinajstić information content (AvgIpc) is 2.39. The SMILES string of the molecule is O=C([O-])c1ccccc1[S@](=O)c1ccc(Cl)cc1. The molecule has 92 valence electrons. The molecule has 0 aliphatic heterocycles. The molecule has 0 bridgehead atoms. The van der Waals surface area contributed by atoms with Gasteiger partial charge < -0.3 is 9.90 Å². The molecule has 5 heteroatoms. The molecule has 0 amide bonds. The number of benzene rings is 2. The lowest BCUT2D eigenvalue weighted by molar-refractivity contribution is -0.255. The standard InChI is InChI=1S/C13H9ClO3S/c14-9-5-7-10(8-6-9)18(17)12-4-2-1-3-11(12)13(15)16/h1-8H,(H,15,16)/p-1/t18-/m1/s1. The topological polar surface area (TPSA) is 57.2 Å². The number of carboxylic acids is 1. The van der Waals surface area contributed by atoms with Gasteiger partial charge in [0.05, 0.1) is 21.7 Å². The average molecular weight is 280 g/mol. The van der Waals surface area contributed by atoms with Crippen LogP contribution in [0.3, 0.4) is 0 Å². The van der Waals surface area contributed by atoms with Gasteiger partial charge in [-0.3, -0.25) is 0 Å². The number of carbonyl (C=O) groups is 1. The molecule has 0 aliphatic carbocycles. The molecule has 0 radical (unpaired) electrons. The summed E-state index contributed by atoms with van der Waals surface area (Å²) in [7, 11) is -1.57. The molecule has 0 aliphatic rings. The van der Waals surface area contributed by atoms with Gasteiger partial charge in [-0.15, -0.1) is 0 Å². The molecule has 18 heavy (non-hydrogen) atoms. The van der Waals surface area contributed by atoms with Crippen molar-refractivity contribution in [1.29, 1.82) is 0 Å². The summed E-state index contributed by atoms with van der Waals surface area (Å²) in [6.45, 7) is 0. The van der Waals surface area contributed by atoms with Crippen molar-refractivity contribution in [2.45, 2.75) is 9.79 Å². The van der Waals surface area contributed by atoms with Crippen LogP contribution in [0.4, 0.5) is 0 Å². The molecule has 3 nitrogen and oxygen atoms in total.